The van der Waals surface area contributed by atoms with E-state index in [1.165, 1.54) is 64.7 Å². The Balaban J connectivity index is 1.40. The highest BCUT2D eigenvalue weighted by atomic mass is 15.3. The van der Waals surface area contributed by atoms with Crippen LogP contribution < -0.4 is 5.32 Å². The van der Waals surface area contributed by atoms with Crippen LogP contribution in [0.4, 0.5) is 5.82 Å². The number of anilines is 1. The molecule has 0 bridgehead atoms. The monoisotopic (exact) mass is 343 g/mol. The summed E-state index contributed by atoms with van der Waals surface area (Å²) in [6.45, 7) is 7.66. The van der Waals surface area contributed by atoms with Crippen LogP contribution in [0.15, 0.2) is 12.7 Å². The molecular formula is C18H29N7. The molecule has 2 aromatic rings. The minimum absolute atomic E-state index is 0.840. The number of rotatable bonds is 6. The second kappa shape index (κ2) is 8.10. The maximum absolute atomic E-state index is 4.58. The highest BCUT2D eigenvalue weighted by molar-refractivity contribution is 5.82. The van der Waals surface area contributed by atoms with Crippen LogP contribution in [-0.4, -0.2) is 68.7 Å². The van der Waals surface area contributed by atoms with Gasteiger partial charge in [-0.05, 0) is 51.9 Å². The van der Waals surface area contributed by atoms with Crippen LogP contribution in [0.25, 0.3) is 11.2 Å². The van der Waals surface area contributed by atoms with Crippen molar-refractivity contribution in [1.82, 2.24) is 29.3 Å². The number of likely N-dealkylation sites (tertiary alicyclic amines) is 2. The van der Waals surface area contributed by atoms with Crippen molar-refractivity contribution in [1.29, 1.82) is 0 Å². The van der Waals surface area contributed by atoms with E-state index in [0.717, 1.165) is 36.7 Å². The number of nitrogens with one attached hydrogen (secondary N) is 1. The Morgan fingerprint density at radius 3 is 2.28 bits per heavy atom. The van der Waals surface area contributed by atoms with Gasteiger partial charge in [0.15, 0.2) is 11.5 Å². The van der Waals surface area contributed by atoms with Crippen LogP contribution in [0.2, 0.25) is 0 Å². The first kappa shape index (κ1) is 16.7. The molecule has 1 N–H and O–H groups in total. The van der Waals surface area contributed by atoms with Gasteiger partial charge in [-0.15, -0.1) is 0 Å². The molecule has 0 atom stereocenters. The Hall–Kier alpha value is -1.73. The topological polar surface area (TPSA) is 62.1 Å². The highest BCUT2D eigenvalue weighted by Crippen LogP contribution is 2.18. The van der Waals surface area contributed by atoms with Crippen molar-refractivity contribution in [3.05, 3.63) is 12.7 Å². The zero-order valence-electron chi connectivity index (χ0n) is 15.0. The second-order valence-electron chi connectivity index (χ2n) is 7.25. The van der Waals surface area contributed by atoms with Gasteiger partial charge in [-0.25, -0.2) is 15.0 Å². The fraction of sp³-hybridized carbons (Fsp3) is 0.722. The molecule has 0 aromatic carbocycles. The van der Waals surface area contributed by atoms with E-state index in [-0.39, 0.29) is 0 Å². The molecule has 7 heteroatoms. The summed E-state index contributed by atoms with van der Waals surface area (Å²) in [6, 6.07) is 0. The maximum atomic E-state index is 4.58. The molecule has 25 heavy (non-hydrogen) atoms. The highest BCUT2D eigenvalue weighted by Gasteiger charge is 2.14. The van der Waals surface area contributed by atoms with Crippen molar-refractivity contribution in [2.75, 3.05) is 44.7 Å². The molecule has 4 heterocycles. The molecule has 2 aliphatic rings. The molecule has 7 nitrogen and oxygen atoms in total. The third kappa shape index (κ3) is 4.10. The molecule has 4 rings (SSSR count). The lowest BCUT2D eigenvalue weighted by molar-refractivity contribution is 0.221. The van der Waals surface area contributed by atoms with E-state index in [1.807, 2.05) is 6.33 Å². The summed E-state index contributed by atoms with van der Waals surface area (Å²) in [6.07, 6.45) is 11.6. The Labute approximate surface area is 149 Å². The minimum atomic E-state index is 0.840. The van der Waals surface area contributed by atoms with E-state index >= 15 is 0 Å². The average Bonchev–Trinajstić information content (AvgIpc) is 3.10. The number of piperidine rings is 2. The molecule has 2 saturated heterocycles. The summed E-state index contributed by atoms with van der Waals surface area (Å²) in [5.74, 6) is 0.854. The normalized spacial score (nSPS) is 20.2. The lowest BCUT2D eigenvalue weighted by Gasteiger charge is -2.26. The van der Waals surface area contributed by atoms with Gasteiger partial charge in [-0.2, -0.15) is 0 Å². The summed E-state index contributed by atoms with van der Waals surface area (Å²) in [5, 5.41) is 3.46. The van der Waals surface area contributed by atoms with Crippen LogP contribution in [0, 0.1) is 0 Å². The predicted molar refractivity (Wildman–Crippen MR) is 99.5 cm³/mol. The van der Waals surface area contributed by atoms with Crippen LogP contribution in [0.5, 0.6) is 0 Å². The molecule has 2 aromatic heterocycles. The predicted octanol–water partition coefficient (Wildman–Crippen LogP) is 2.17. The zero-order chi connectivity index (χ0) is 16.9. The third-order valence-corrected chi connectivity index (χ3v) is 5.43. The first-order valence-electron chi connectivity index (χ1n) is 9.74. The maximum Gasteiger partial charge on any atom is 0.165 e. The van der Waals surface area contributed by atoms with Crippen molar-refractivity contribution in [3.8, 4) is 0 Å². The summed E-state index contributed by atoms with van der Waals surface area (Å²) < 4.78 is 2.16. The van der Waals surface area contributed by atoms with Crippen LogP contribution in [-0.2, 0) is 6.54 Å². The van der Waals surface area contributed by atoms with E-state index in [2.05, 4.69) is 34.6 Å². The van der Waals surface area contributed by atoms with E-state index < -0.39 is 0 Å². The Kier molecular flexibility index (Phi) is 5.42. The Bertz CT molecular complexity index is 671. The van der Waals surface area contributed by atoms with Crippen molar-refractivity contribution >= 4 is 17.0 Å². The lowest BCUT2D eigenvalue weighted by atomic mass is 10.1. The number of aromatic nitrogens is 4. The SMILES string of the molecule is c1nc(NCN2CCCCC2)c2ncn(CCN3CCCCC3)c2n1. The van der Waals surface area contributed by atoms with Crippen LogP contribution >= 0.6 is 0 Å². The van der Waals surface area contributed by atoms with E-state index in [1.54, 1.807) is 6.33 Å². The van der Waals surface area contributed by atoms with E-state index in [9.17, 15) is 0 Å². The number of imidazole rings is 1. The second-order valence-corrected chi connectivity index (χ2v) is 7.25. The van der Waals surface area contributed by atoms with Gasteiger partial charge in [0.05, 0.1) is 13.0 Å². The van der Waals surface area contributed by atoms with Gasteiger partial charge in [0, 0.05) is 13.1 Å². The van der Waals surface area contributed by atoms with Gasteiger partial charge in [0.1, 0.15) is 11.8 Å². The van der Waals surface area contributed by atoms with Gasteiger partial charge in [0.2, 0.25) is 0 Å². The summed E-state index contributed by atoms with van der Waals surface area (Å²) in [7, 11) is 0. The van der Waals surface area contributed by atoms with Crippen LogP contribution in [0.1, 0.15) is 38.5 Å². The van der Waals surface area contributed by atoms with Crippen molar-refractivity contribution in [2.45, 2.75) is 45.1 Å². The molecular weight excluding hydrogens is 314 g/mol. The minimum Gasteiger partial charge on any atom is -0.355 e. The molecule has 0 aliphatic carbocycles. The number of hydrogen-bond acceptors (Lipinski definition) is 6. The molecule has 0 unspecified atom stereocenters. The average molecular weight is 343 g/mol. The molecule has 2 aliphatic heterocycles. The molecule has 0 spiro atoms. The van der Waals surface area contributed by atoms with Gasteiger partial charge in [-0.1, -0.05) is 12.8 Å². The molecule has 0 saturated carbocycles. The van der Waals surface area contributed by atoms with Crippen LogP contribution in [0.3, 0.4) is 0 Å². The van der Waals surface area contributed by atoms with E-state index in [0.29, 0.717) is 0 Å². The zero-order valence-corrected chi connectivity index (χ0v) is 15.0. The Morgan fingerprint density at radius 2 is 1.52 bits per heavy atom. The molecule has 0 radical (unpaired) electrons. The van der Waals surface area contributed by atoms with Gasteiger partial charge < -0.3 is 14.8 Å². The number of hydrogen-bond donors (Lipinski definition) is 1. The standard InChI is InChI=1S/C18H29N7/c1-3-7-23(8-4-1)11-12-25-15-21-16-17(19-13-20-18(16)25)22-14-24-9-5-2-6-10-24/h13,15H,1-12,14H2,(H,19,20,22). The van der Waals surface area contributed by atoms with Crippen molar-refractivity contribution in [2.24, 2.45) is 0 Å². The summed E-state index contributed by atoms with van der Waals surface area (Å²) >= 11 is 0. The fourth-order valence-electron chi connectivity index (χ4n) is 3.91. The molecule has 0 amide bonds. The third-order valence-electron chi connectivity index (χ3n) is 5.43. The number of nitrogens with zero attached hydrogens (tertiary/aromatic N) is 6. The summed E-state index contributed by atoms with van der Waals surface area (Å²) in [4.78, 5) is 18.5. The van der Waals surface area contributed by atoms with E-state index in [4.69, 9.17) is 0 Å². The first-order chi connectivity index (χ1) is 12.4. The van der Waals surface area contributed by atoms with Crippen molar-refractivity contribution < 1.29 is 0 Å². The quantitative estimate of drug-likeness (QED) is 0.867. The smallest absolute Gasteiger partial charge is 0.165 e. The summed E-state index contributed by atoms with van der Waals surface area (Å²) in [5.41, 5.74) is 1.83. The Morgan fingerprint density at radius 1 is 0.800 bits per heavy atom. The fourth-order valence-corrected chi connectivity index (χ4v) is 3.91. The lowest BCUT2D eigenvalue weighted by Crippen LogP contribution is -2.34. The molecule has 2 fully saturated rings. The van der Waals surface area contributed by atoms with Gasteiger partial charge >= 0.3 is 0 Å². The molecule has 136 valence electrons. The largest absolute Gasteiger partial charge is 0.355 e. The van der Waals surface area contributed by atoms with Crippen molar-refractivity contribution in [3.63, 3.8) is 0 Å². The number of fused-ring (bicyclic) bond motifs is 1. The first-order valence-corrected chi connectivity index (χ1v) is 9.74. The van der Waals surface area contributed by atoms with Gasteiger partial charge in [-0.3, -0.25) is 4.90 Å². The van der Waals surface area contributed by atoms with Gasteiger partial charge in [0.25, 0.3) is 0 Å².